The number of para-hydroxylation sites is 1. The predicted octanol–water partition coefficient (Wildman–Crippen LogP) is 1.90. The van der Waals surface area contributed by atoms with Crippen molar-refractivity contribution >= 4 is 23.5 Å². The van der Waals surface area contributed by atoms with Crippen molar-refractivity contribution in [2.45, 2.75) is 44.7 Å². The molecule has 1 N–H and O–H groups in total. The number of hydrogen-bond acceptors (Lipinski definition) is 3. The maximum Gasteiger partial charge on any atom is 0.332 e. The van der Waals surface area contributed by atoms with Gasteiger partial charge in [-0.15, -0.1) is 0 Å². The molecule has 6 heteroatoms. The lowest BCUT2D eigenvalue weighted by Gasteiger charge is -2.19. The fourth-order valence-corrected chi connectivity index (χ4v) is 3.28. The first-order valence-corrected chi connectivity index (χ1v) is 8.07. The molecular formula is C17H21N3O3. The summed E-state index contributed by atoms with van der Waals surface area (Å²) in [5.41, 5.74) is 0.664. The molecule has 4 amide bonds. The second-order valence-electron chi connectivity index (χ2n) is 6.14. The number of nitrogens with zero attached hydrogens (tertiary/aromatic N) is 2. The Kier molecular flexibility index (Phi) is 4.32. The summed E-state index contributed by atoms with van der Waals surface area (Å²) in [6.07, 6.45) is 4.18. The fourth-order valence-electron chi connectivity index (χ4n) is 3.28. The van der Waals surface area contributed by atoms with Gasteiger partial charge in [-0.05, 0) is 31.9 Å². The highest BCUT2D eigenvalue weighted by molar-refractivity contribution is 6.15. The Labute approximate surface area is 135 Å². The van der Waals surface area contributed by atoms with Crippen molar-refractivity contribution < 1.29 is 14.4 Å². The second kappa shape index (κ2) is 6.40. The molecule has 0 aromatic heterocycles. The Balaban J connectivity index is 1.69. The second-order valence-corrected chi connectivity index (χ2v) is 6.14. The molecule has 1 aromatic carbocycles. The predicted molar refractivity (Wildman–Crippen MR) is 85.9 cm³/mol. The third kappa shape index (κ3) is 3.06. The van der Waals surface area contributed by atoms with E-state index in [0.717, 1.165) is 30.6 Å². The topological polar surface area (TPSA) is 69.7 Å². The maximum atomic E-state index is 12.6. The smallest absolute Gasteiger partial charge is 0.332 e. The zero-order valence-corrected chi connectivity index (χ0v) is 13.2. The minimum Gasteiger partial charge on any atom is -0.352 e. The lowest BCUT2D eigenvalue weighted by molar-refractivity contribution is -0.132. The number of carbonyl (C=O) groups excluding carboxylic acids is 3. The Bertz CT molecular complexity index is 611. The fraction of sp³-hybridized carbons (Fsp3) is 0.471. The average Bonchev–Trinajstić information content (AvgIpc) is 3.12. The summed E-state index contributed by atoms with van der Waals surface area (Å²) < 4.78 is 0. The van der Waals surface area contributed by atoms with Gasteiger partial charge in [-0.25, -0.2) is 4.79 Å². The van der Waals surface area contributed by atoms with Gasteiger partial charge >= 0.3 is 6.03 Å². The molecule has 1 aromatic rings. The molecule has 1 atom stereocenters. The van der Waals surface area contributed by atoms with Gasteiger partial charge < -0.3 is 5.32 Å². The Morgan fingerprint density at radius 1 is 1.17 bits per heavy atom. The molecule has 1 saturated heterocycles. The Morgan fingerprint density at radius 2 is 1.83 bits per heavy atom. The third-order valence-electron chi connectivity index (χ3n) is 4.50. The maximum absolute atomic E-state index is 12.6. The minimum absolute atomic E-state index is 0.179. The molecule has 2 aliphatic rings. The highest BCUT2D eigenvalue weighted by atomic mass is 16.2. The first-order chi connectivity index (χ1) is 11.1. The summed E-state index contributed by atoms with van der Waals surface area (Å²) in [6.45, 7) is 1.48. The quantitative estimate of drug-likeness (QED) is 0.863. The minimum atomic E-state index is -0.593. The molecule has 1 unspecified atom stereocenters. The monoisotopic (exact) mass is 315 g/mol. The van der Waals surface area contributed by atoms with Crippen LogP contribution in [0.2, 0.25) is 0 Å². The van der Waals surface area contributed by atoms with Gasteiger partial charge in [0, 0.05) is 11.7 Å². The van der Waals surface area contributed by atoms with Crippen molar-refractivity contribution in [3.8, 4) is 0 Å². The molecule has 0 bridgehead atoms. The third-order valence-corrected chi connectivity index (χ3v) is 4.50. The van der Waals surface area contributed by atoms with E-state index < -0.39 is 12.1 Å². The number of imide groups is 1. The first-order valence-electron chi connectivity index (χ1n) is 8.07. The van der Waals surface area contributed by atoms with Crippen molar-refractivity contribution in [2.75, 3.05) is 11.4 Å². The number of urea groups is 1. The van der Waals surface area contributed by atoms with E-state index in [1.807, 2.05) is 18.2 Å². The van der Waals surface area contributed by atoms with Crippen molar-refractivity contribution in [1.29, 1.82) is 0 Å². The van der Waals surface area contributed by atoms with Gasteiger partial charge in [0.05, 0.1) is 0 Å². The van der Waals surface area contributed by atoms with Crippen LogP contribution < -0.4 is 10.2 Å². The summed E-state index contributed by atoms with van der Waals surface area (Å²) in [7, 11) is 0. The highest BCUT2D eigenvalue weighted by Gasteiger charge is 2.44. The van der Waals surface area contributed by atoms with Crippen LogP contribution in [0.4, 0.5) is 10.5 Å². The van der Waals surface area contributed by atoms with Crippen molar-refractivity contribution in [3.05, 3.63) is 30.3 Å². The molecule has 1 aliphatic carbocycles. The number of carbonyl (C=O) groups is 3. The largest absolute Gasteiger partial charge is 0.352 e. The lowest BCUT2D eigenvalue weighted by atomic mass is 10.2. The van der Waals surface area contributed by atoms with E-state index in [-0.39, 0.29) is 24.4 Å². The van der Waals surface area contributed by atoms with Crippen LogP contribution in [-0.4, -0.2) is 41.4 Å². The van der Waals surface area contributed by atoms with Crippen LogP contribution in [0.25, 0.3) is 0 Å². The molecule has 1 saturated carbocycles. The molecular weight excluding hydrogens is 294 g/mol. The van der Waals surface area contributed by atoms with Crippen molar-refractivity contribution in [2.24, 2.45) is 0 Å². The van der Waals surface area contributed by atoms with Gasteiger partial charge in [0.25, 0.3) is 5.91 Å². The number of benzene rings is 1. The summed E-state index contributed by atoms with van der Waals surface area (Å²) in [5.74, 6) is -0.596. The molecule has 3 rings (SSSR count). The van der Waals surface area contributed by atoms with Gasteiger partial charge in [0.1, 0.15) is 12.6 Å². The highest BCUT2D eigenvalue weighted by Crippen LogP contribution is 2.25. The van der Waals surface area contributed by atoms with Crippen LogP contribution in [0.3, 0.4) is 0 Å². The van der Waals surface area contributed by atoms with Gasteiger partial charge in [-0.3, -0.25) is 19.4 Å². The standard InChI is InChI=1S/C17H21N3O3/c1-12-16(22)19(11-15(21)18-13-7-5-6-8-13)17(23)20(12)14-9-3-2-4-10-14/h2-4,9-10,12-13H,5-8,11H2,1H3,(H,18,21). The summed E-state index contributed by atoms with van der Waals surface area (Å²) >= 11 is 0. The van der Waals surface area contributed by atoms with E-state index in [2.05, 4.69) is 5.32 Å². The molecule has 2 fully saturated rings. The number of hydrogen-bond donors (Lipinski definition) is 1. The van der Waals surface area contributed by atoms with E-state index >= 15 is 0 Å². The summed E-state index contributed by atoms with van der Waals surface area (Å²) in [6, 6.07) is 8.19. The number of amides is 4. The van der Waals surface area contributed by atoms with Crippen LogP contribution in [0.5, 0.6) is 0 Å². The Hall–Kier alpha value is -2.37. The van der Waals surface area contributed by atoms with Crippen LogP contribution in [0.1, 0.15) is 32.6 Å². The number of nitrogens with one attached hydrogen (secondary N) is 1. The van der Waals surface area contributed by atoms with Crippen LogP contribution in [0.15, 0.2) is 30.3 Å². The molecule has 0 spiro atoms. The SMILES string of the molecule is CC1C(=O)N(CC(=O)NC2CCCC2)C(=O)N1c1ccccc1. The normalized spacial score (nSPS) is 22.0. The van der Waals surface area contributed by atoms with Gasteiger partial charge in [-0.1, -0.05) is 31.0 Å². The molecule has 122 valence electrons. The number of anilines is 1. The zero-order chi connectivity index (χ0) is 16.4. The molecule has 23 heavy (non-hydrogen) atoms. The van der Waals surface area contributed by atoms with E-state index in [0.29, 0.717) is 5.69 Å². The summed E-state index contributed by atoms with van der Waals surface area (Å²) in [5, 5.41) is 2.91. The van der Waals surface area contributed by atoms with Crippen molar-refractivity contribution in [3.63, 3.8) is 0 Å². The van der Waals surface area contributed by atoms with Crippen molar-refractivity contribution in [1.82, 2.24) is 10.2 Å². The first kappa shape index (κ1) is 15.5. The van der Waals surface area contributed by atoms with Gasteiger partial charge in [0.2, 0.25) is 5.91 Å². The van der Waals surface area contributed by atoms with E-state index in [9.17, 15) is 14.4 Å². The van der Waals surface area contributed by atoms with Gasteiger partial charge in [0.15, 0.2) is 0 Å². The molecule has 1 aliphatic heterocycles. The summed E-state index contributed by atoms with van der Waals surface area (Å²) in [4.78, 5) is 39.5. The van der Waals surface area contributed by atoms with E-state index in [1.54, 1.807) is 19.1 Å². The molecule has 0 radical (unpaired) electrons. The Morgan fingerprint density at radius 3 is 2.48 bits per heavy atom. The average molecular weight is 315 g/mol. The van der Waals surface area contributed by atoms with Gasteiger partial charge in [-0.2, -0.15) is 0 Å². The van der Waals surface area contributed by atoms with Crippen LogP contribution in [0, 0.1) is 0 Å². The van der Waals surface area contributed by atoms with Crippen LogP contribution in [-0.2, 0) is 9.59 Å². The van der Waals surface area contributed by atoms with E-state index in [1.165, 1.54) is 4.90 Å². The lowest BCUT2D eigenvalue weighted by Crippen LogP contribution is -2.44. The number of rotatable bonds is 4. The van der Waals surface area contributed by atoms with Crippen LogP contribution >= 0.6 is 0 Å². The zero-order valence-electron chi connectivity index (χ0n) is 13.2. The molecule has 6 nitrogen and oxygen atoms in total. The molecule has 1 heterocycles. The van der Waals surface area contributed by atoms with E-state index in [4.69, 9.17) is 0 Å².